The molecule has 5 rings (SSSR count). The molecular weight excluding hydrogens is 410 g/mol. The van der Waals surface area contributed by atoms with Gasteiger partial charge < -0.3 is 25.6 Å². The number of ether oxygens (including phenoxy) is 1. The maximum atomic E-state index is 12.8. The Balaban J connectivity index is 1.49. The second-order valence-electron chi connectivity index (χ2n) is 8.04. The lowest BCUT2D eigenvalue weighted by Crippen LogP contribution is -2.48. The fourth-order valence-electron chi connectivity index (χ4n) is 4.35. The van der Waals surface area contributed by atoms with Crippen LogP contribution in [0.15, 0.2) is 36.8 Å². The van der Waals surface area contributed by atoms with Crippen molar-refractivity contribution in [3.05, 3.63) is 42.4 Å². The topological polar surface area (TPSA) is 112 Å². The third-order valence-electron chi connectivity index (χ3n) is 5.98. The normalized spacial score (nSPS) is 23.0. The number of likely N-dealkylation sites (N-methyl/N-ethyl adjacent to an activating group) is 1. The molecule has 3 aliphatic heterocycles. The van der Waals surface area contributed by atoms with E-state index in [2.05, 4.69) is 30.8 Å². The van der Waals surface area contributed by atoms with E-state index in [-0.39, 0.29) is 24.6 Å². The molecule has 1 unspecified atom stereocenters. The number of anilines is 3. The van der Waals surface area contributed by atoms with Gasteiger partial charge in [0.15, 0.2) is 6.61 Å². The summed E-state index contributed by atoms with van der Waals surface area (Å²) in [4.78, 5) is 38.1. The van der Waals surface area contributed by atoms with Crippen LogP contribution in [0.4, 0.5) is 17.3 Å². The molecule has 1 aromatic carbocycles. The van der Waals surface area contributed by atoms with Gasteiger partial charge in [0.25, 0.3) is 11.8 Å². The average molecular weight is 435 g/mol. The highest BCUT2D eigenvalue weighted by Gasteiger charge is 2.32. The van der Waals surface area contributed by atoms with E-state index in [0.29, 0.717) is 41.6 Å². The molecule has 1 aromatic heterocycles. The largest absolute Gasteiger partial charge is 0.484 e. The number of rotatable bonds is 0. The fraction of sp³-hybridized carbons (Fsp3) is 0.364. The van der Waals surface area contributed by atoms with Crippen molar-refractivity contribution in [1.82, 2.24) is 19.8 Å². The Kier molecular flexibility index (Phi) is 5.36. The van der Waals surface area contributed by atoms with Crippen LogP contribution in [0.25, 0.3) is 5.57 Å². The Bertz CT molecular complexity index is 1090. The summed E-state index contributed by atoms with van der Waals surface area (Å²) in [5.41, 5.74) is 1.82. The van der Waals surface area contributed by atoms with E-state index >= 15 is 0 Å². The first-order valence-corrected chi connectivity index (χ1v) is 10.7. The first-order chi connectivity index (χ1) is 15.6. The van der Waals surface area contributed by atoms with Gasteiger partial charge in [-0.3, -0.25) is 14.5 Å². The van der Waals surface area contributed by atoms with Crippen LogP contribution >= 0.6 is 0 Å². The molecule has 0 saturated carbocycles. The highest BCUT2D eigenvalue weighted by molar-refractivity contribution is 6.32. The van der Waals surface area contributed by atoms with Gasteiger partial charge in [0.05, 0.1) is 17.3 Å². The zero-order valence-electron chi connectivity index (χ0n) is 17.8. The Morgan fingerprint density at radius 3 is 2.94 bits per heavy atom. The minimum absolute atomic E-state index is 0.0140. The Morgan fingerprint density at radius 2 is 2.03 bits per heavy atom. The minimum atomic E-state index is -0.245. The number of carbonyl (C=O) groups is 2. The Hall–Kier alpha value is -3.66. The highest BCUT2D eigenvalue weighted by atomic mass is 16.5. The molecule has 3 aliphatic rings. The van der Waals surface area contributed by atoms with Gasteiger partial charge in [-0.05, 0) is 32.0 Å². The molecule has 2 bridgehead atoms. The van der Waals surface area contributed by atoms with Crippen molar-refractivity contribution >= 4 is 34.7 Å². The molecule has 32 heavy (non-hydrogen) atoms. The standard InChI is InChI=1S/C22H25N7O3/c1-28-9-7-23-20-19-16(22(31)27-21(19)26-13-25-20)11-24-14-4-2-5-15(10-14)32-12-18(30)29-8-3-6-17(28)29/h2,4-5,10-11,13,17,24H,3,6-9,12H2,1H3,(H2,23,25,26,27,31)/b16-11-. The van der Waals surface area contributed by atoms with Crippen LogP contribution in [0.3, 0.4) is 0 Å². The second kappa shape index (κ2) is 8.46. The fourth-order valence-corrected chi connectivity index (χ4v) is 4.35. The molecular formula is C22H25N7O3. The summed E-state index contributed by atoms with van der Waals surface area (Å²) in [6.07, 6.45) is 5.00. The summed E-state index contributed by atoms with van der Waals surface area (Å²) in [5, 5.41) is 9.28. The summed E-state index contributed by atoms with van der Waals surface area (Å²) in [5.74, 6) is 1.39. The number of aromatic nitrogens is 2. The monoisotopic (exact) mass is 435 g/mol. The van der Waals surface area contributed by atoms with Gasteiger partial charge >= 0.3 is 0 Å². The first-order valence-electron chi connectivity index (χ1n) is 10.7. The molecule has 3 N–H and O–H groups in total. The van der Waals surface area contributed by atoms with Crippen LogP contribution in [0.1, 0.15) is 18.4 Å². The van der Waals surface area contributed by atoms with Crippen molar-refractivity contribution in [1.29, 1.82) is 0 Å². The molecule has 2 amide bonds. The lowest BCUT2D eigenvalue weighted by molar-refractivity contribution is -0.137. The molecule has 166 valence electrons. The molecule has 2 aromatic rings. The molecule has 1 saturated heterocycles. The number of amides is 2. The van der Waals surface area contributed by atoms with Gasteiger partial charge in [0.1, 0.15) is 23.7 Å². The predicted octanol–water partition coefficient (Wildman–Crippen LogP) is 1.57. The minimum Gasteiger partial charge on any atom is -0.484 e. The number of carbonyl (C=O) groups excluding carboxylic acids is 2. The SMILES string of the molecule is CN1CCNc2ncnc3c2/C(=C/Nc2cccc(c2)OCC(=O)N2CCCC12)C(=O)N3. The van der Waals surface area contributed by atoms with E-state index < -0.39 is 0 Å². The maximum Gasteiger partial charge on any atom is 0.261 e. The van der Waals surface area contributed by atoms with E-state index in [1.807, 2.05) is 24.1 Å². The average Bonchev–Trinajstić information content (AvgIpc) is 3.40. The Morgan fingerprint density at radius 1 is 1.16 bits per heavy atom. The van der Waals surface area contributed by atoms with Crippen molar-refractivity contribution in [2.45, 2.75) is 19.0 Å². The summed E-state index contributed by atoms with van der Waals surface area (Å²) in [6, 6.07) is 7.30. The molecule has 1 atom stereocenters. The quantitative estimate of drug-likeness (QED) is 0.572. The molecule has 0 spiro atoms. The number of hydrogen-bond acceptors (Lipinski definition) is 8. The maximum absolute atomic E-state index is 12.8. The molecule has 10 nitrogen and oxygen atoms in total. The van der Waals surface area contributed by atoms with E-state index in [0.717, 1.165) is 25.1 Å². The third-order valence-corrected chi connectivity index (χ3v) is 5.98. The van der Waals surface area contributed by atoms with E-state index in [4.69, 9.17) is 4.74 Å². The van der Waals surface area contributed by atoms with Crippen LogP contribution < -0.4 is 20.7 Å². The molecule has 10 heteroatoms. The highest BCUT2D eigenvalue weighted by Crippen LogP contribution is 2.34. The summed E-state index contributed by atoms with van der Waals surface area (Å²) >= 11 is 0. The van der Waals surface area contributed by atoms with Gasteiger partial charge in [-0.2, -0.15) is 0 Å². The smallest absolute Gasteiger partial charge is 0.261 e. The number of benzene rings is 1. The van der Waals surface area contributed by atoms with Crippen molar-refractivity contribution in [2.24, 2.45) is 0 Å². The second-order valence-corrected chi connectivity index (χ2v) is 8.04. The Labute approximate surface area is 185 Å². The van der Waals surface area contributed by atoms with E-state index in [1.165, 1.54) is 6.33 Å². The number of fused-ring (bicyclic) bond motifs is 3. The van der Waals surface area contributed by atoms with Crippen molar-refractivity contribution in [2.75, 3.05) is 49.2 Å². The first kappa shape index (κ1) is 20.3. The summed E-state index contributed by atoms with van der Waals surface area (Å²) in [7, 11) is 2.02. The molecule has 0 aliphatic carbocycles. The lowest BCUT2D eigenvalue weighted by atomic mass is 10.1. The molecule has 1 fully saturated rings. The third kappa shape index (κ3) is 3.84. The van der Waals surface area contributed by atoms with Crippen LogP contribution in [0.2, 0.25) is 0 Å². The lowest BCUT2D eigenvalue weighted by Gasteiger charge is -2.32. The number of nitrogens with one attached hydrogen (secondary N) is 3. The predicted molar refractivity (Wildman–Crippen MR) is 120 cm³/mol. The van der Waals surface area contributed by atoms with Gasteiger partial charge in [0.2, 0.25) is 0 Å². The molecule has 0 radical (unpaired) electrons. The van der Waals surface area contributed by atoms with Crippen molar-refractivity contribution < 1.29 is 14.3 Å². The molecule has 4 heterocycles. The van der Waals surface area contributed by atoms with Gasteiger partial charge in [-0.25, -0.2) is 9.97 Å². The van der Waals surface area contributed by atoms with Gasteiger partial charge in [0, 0.05) is 37.6 Å². The van der Waals surface area contributed by atoms with Crippen molar-refractivity contribution in [3.8, 4) is 5.75 Å². The summed E-state index contributed by atoms with van der Waals surface area (Å²) < 4.78 is 5.79. The van der Waals surface area contributed by atoms with Crippen LogP contribution in [0.5, 0.6) is 5.75 Å². The van der Waals surface area contributed by atoms with E-state index in [1.54, 1.807) is 18.3 Å². The van der Waals surface area contributed by atoms with E-state index in [9.17, 15) is 9.59 Å². The number of nitrogens with zero attached hydrogens (tertiary/aromatic N) is 4. The van der Waals surface area contributed by atoms with Crippen LogP contribution in [-0.4, -0.2) is 71.0 Å². The number of hydrogen-bond donors (Lipinski definition) is 3. The van der Waals surface area contributed by atoms with Gasteiger partial charge in [-0.1, -0.05) is 6.07 Å². The zero-order chi connectivity index (χ0) is 22.1. The van der Waals surface area contributed by atoms with Gasteiger partial charge in [-0.15, -0.1) is 0 Å². The van der Waals surface area contributed by atoms with Crippen LogP contribution in [0, 0.1) is 0 Å². The van der Waals surface area contributed by atoms with Crippen LogP contribution in [-0.2, 0) is 9.59 Å². The van der Waals surface area contributed by atoms with Crippen molar-refractivity contribution in [3.63, 3.8) is 0 Å². The zero-order valence-corrected chi connectivity index (χ0v) is 17.8. The summed E-state index contributed by atoms with van der Waals surface area (Å²) in [6.45, 7) is 2.02.